The lowest BCUT2D eigenvalue weighted by atomic mass is 10.4. The maximum Gasteiger partial charge on any atom is 0.191 e. The number of halogens is 1. The van der Waals surface area contributed by atoms with Gasteiger partial charge in [0.1, 0.15) is 5.01 Å². The average Bonchev–Trinajstić information content (AvgIpc) is 2.83. The second kappa shape index (κ2) is 13.8. The predicted octanol–water partition coefficient (Wildman–Crippen LogP) is 2.40. The SMILES string of the molecule is CCNC(=NCc1nc(C)c(C)s1)NCCN(C)CCCOC.I. The minimum absolute atomic E-state index is 0. The Morgan fingerprint density at radius 2 is 2.04 bits per heavy atom. The molecule has 0 aliphatic rings. The van der Waals surface area contributed by atoms with Crippen molar-refractivity contribution in [1.82, 2.24) is 20.5 Å². The van der Waals surface area contributed by atoms with E-state index in [2.05, 4.69) is 46.4 Å². The van der Waals surface area contributed by atoms with Gasteiger partial charge in [-0.2, -0.15) is 0 Å². The Balaban J connectivity index is 0.00000529. The average molecular weight is 469 g/mol. The second-order valence-corrected chi connectivity index (χ2v) is 6.81. The van der Waals surface area contributed by atoms with Gasteiger partial charge < -0.3 is 20.3 Å². The van der Waals surface area contributed by atoms with Crippen molar-refractivity contribution in [3.05, 3.63) is 15.6 Å². The first-order valence-electron chi connectivity index (χ1n) is 8.19. The van der Waals surface area contributed by atoms with Crippen LogP contribution in [0.2, 0.25) is 0 Å². The van der Waals surface area contributed by atoms with E-state index >= 15 is 0 Å². The summed E-state index contributed by atoms with van der Waals surface area (Å²) in [5, 5.41) is 7.72. The number of hydrogen-bond acceptors (Lipinski definition) is 5. The molecule has 0 atom stereocenters. The van der Waals surface area contributed by atoms with Gasteiger partial charge in [0, 0.05) is 44.8 Å². The van der Waals surface area contributed by atoms with E-state index in [-0.39, 0.29) is 24.0 Å². The lowest BCUT2D eigenvalue weighted by Crippen LogP contribution is -2.41. The summed E-state index contributed by atoms with van der Waals surface area (Å²) in [6.07, 6.45) is 1.06. The van der Waals surface area contributed by atoms with Crippen molar-refractivity contribution in [3.8, 4) is 0 Å². The molecule has 0 fully saturated rings. The van der Waals surface area contributed by atoms with Crippen molar-refractivity contribution >= 4 is 41.3 Å². The van der Waals surface area contributed by atoms with E-state index in [4.69, 9.17) is 4.74 Å². The monoisotopic (exact) mass is 469 g/mol. The first-order valence-corrected chi connectivity index (χ1v) is 9.01. The molecule has 1 aromatic heterocycles. The first-order chi connectivity index (χ1) is 11.1. The molecule has 0 amide bonds. The van der Waals surface area contributed by atoms with Gasteiger partial charge in [-0.25, -0.2) is 9.98 Å². The highest BCUT2D eigenvalue weighted by Crippen LogP contribution is 2.16. The maximum absolute atomic E-state index is 5.07. The molecule has 0 bridgehead atoms. The van der Waals surface area contributed by atoms with E-state index in [0.29, 0.717) is 6.54 Å². The molecular weight excluding hydrogens is 437 g/mol. The number of rotatable bonds is 10. The summed E-state index contributed by atoms with van der Waals surface area (Å²) in [5.74, 6) is 0.850. The highest BCUT2D eigenvalue weighted by atomic mass is 127. The van der Waals surface area contributed by atoms with Crippen LogP contribution in [0.5, 0.6) is 0 Å². The number of aromatic nitrogens is 1. The lowest BCUT2D eigenvalue weighted by molar-refractivity contribution is 0.180. The third-order valence-electron chi connectivity index (χ3n) is 3.46. The molecule has 0 saturated heterocycles. The van der Waals surface area contributed by atoms with E-state index < -0.39 is 0 Å². The molecule has 0 radical (unpaired) electrons. The van der Waals surface area contributed by atoms with Crippen LogP contribution in [0.1, 0.15) is 28.9 Å². The number of thiazole rings is 1. The van der Waals surface area contributed by atoms with Crippen LogP contribution in [0.25, 0.3) is 0 Å². The summed E-state index contributed by atoms with van der Waals surface area (Å²) >= 11 is 1.72. The van der Waals surface area contributed by atoms with Crippen LogP contribution in [0, 0.1) is 13.8 Å². The Morgan fingerprint density at radius 3 is 2.62 bits per heavy atom. The largest absolute Gasteiger partial charge is 0.385 e. The molecule has 0 spiro atoms. The van der Waals surface area contributed by atoms with Crippen molar-refractivity contribution in [1.29, 1.82) is 0 Å². The summed E-state index contributed by atoms with van der Waals surface area (Å²) in [7, 11) is 3.87. The molecule has 0 unspecified atom stereocenters. The molecule has 8 heteroatoms. The van der Waals surface area contributed by atoms with Crippen molar-refractivity contribution in [3.63, 3.8) is 0 Å². The van der Waals surface area contributed by atoms with Crippen molar-refractivity contribution in [2.75, 3.05) is 46.9 Å². The van der Waals surface area contributed by atoms with Crippen molar-refractivity contribution < 1.29 is 4.74 Å². The summed E-state index contributed by atoms with van der Waals surface area (Å²) in [5.41, 5.74) is 1.11. The number of likely N-dealkylation sites (N-methyl/N-ethyl adjacent to an activating group) is 1. The first kappa shape index (κ1) is 23.5. The minimum Gasteiger partial charge on any atom is -0.385 e. The number of hydrogen-bond donors (Lipinski definition) is 2. The highest BCUT2D eigenvalue weighted by molar-refractivity contribution is 14.0. The van der Waals surface area contributed by atoms with E-state index in [1.165, 1.54) is 4.88 Å². The predicted molar refractivity (Wildman–Crippen MR) is 114 cm³/mol. The quantitative estimate of drug-likeness (QED) is 0.239. The molecule has 1 aromatic rings. The Kier molecular flexibility index (Phi) is 13.5. The molecule has 0 saturated carbocycles. The Morgan fingerprint density at radius 1 is 1.29 bits per heavy atom. The van der Waals surface area contributed by atoms with Gasteiger partial charge in [-0.3, -0.25) is 0 Å². The summed E-state index contributed by atoms with van der Waals surface area (Å²) in [6, 6.07) is 0. The van der Waals surface area contributed by atoms with Crippen molar-refractivity contribution in [2.24, 2.45) is 4.99 Å². The number of guanidine groups is 1. The topological polar surface area (TPSA) is 61.8 Å². The standard InChI is InChI=1S/C16H31N5OS.HI/c1-6-17-16(18-8-10-21(4)9-7-11-22-5)19-12-15-20-13(2)14(3)23-15;/h6-12H2,1-5H3,(H2,17,18,19);1H. The van der Waals surface area contributed by atoms with E-state index in [9.17, 15) is 0 Å². The van der Waals surface area contributed by atoms with Crippen LogP contribution < -0.4 is 10.6 Å². The molecule has 0 aliphatic carbocycles. The number of aryl methyl sites for hydroxylation is 2. The molecule has 2 N–H and O–H groups in total. The molecule has 0 aliphatic heterocycles. The normalized spacial score (nSPS) is 11.5. The van der Waals surface area contributed by atoms with Gasteiger partial charge in [-0.15, -0.1) is 35.3 Å². The maximum atomic E-state index is 5.07. The summed E-state index contributed by atoms with van der Waals surface area (Å²) in [6.45, 7) is 11.4. The van der Waals surface area contributed by atoms with E-state index in [1.807, 2.05) is 6.92 Å². The van der Waals surface area contributed by atoms with Crippen LogP contribution in [0.4, 0.5) is 0 Å². The fourth-order valence-electron chi connectivity index (χ4n) is 2.05. The molecule has 140 valence electrons. The van der Waals surface area contributed by atoms with Crippen LogP contribution in [-0.4, -0.2) is 62.8 Å². The zero-order chi connectivity index (χ0) is 17.1. The molecule has 1 heterocycles. The molecule has 6 nitrogen and oxygen atoms in total. The number of nitrogens with one attached hydrogen (secondary N) is 2. The molecule has 24 heavy (non-hydrogen) atoms. The third kappa shape index (κ3) is 9.75. The molecule has 1 rings (SSSR count). The fraction of sp³-hybridized carbons (Fsp3) is 0.750. The van der Waals surface area contributed by atoms with Gasteiger partial charge in [0.15, 0.2) is 5.96 Å². The van der Waals surface area contributed by atoms with Crippen LogP contribution in [-0.2, 0) is 11.3 Å². The van der Waals surface area contributed by atoms with Crippen LogP contribution in [0.3, 0.4) is 0 Å². The summed E-state index contributed by atoms with van der Waals surface area (Å²) in [4.78, 5) is 12.7. The van der Waals surface area contributed by atoms with Crippen LogP contribution >= 0.6 is 35.3 Å². The van der Waals surface area contributed by atoms with Gasteiger partial charge in [0.2, 0.25) is 0 Å². The Bertz CT molecular complexity index is 462. The van der Waals surface area contributed by atoms with E-state index in [1.54, 1.807) is 18.4 Å². The number of aliphatic imine (C=N–C) groups is 1. The van der Waals surface area contributed by atoms with Crippen LogP contribution in [0.15, 0.2) is 4.99 Å². The minimum atomic E-state index is 0. The molecular formula is C16H32IN5OS. The Labute approximate surface area is 167 Å². The number of methoxy groups -OCH3 is 1. The zero-order valence-corrected chi connectivity index (χ0v) is 18.7. The van der Waals surface area contributed by atoms with Gasteiger partial charge in [-0.05, 0) is 34.2 Å². The smallest absolute Gasteiger partial charge is 0.191 e. The van der Waals surface area contributed by atoms with Crippen molar-refractivity contribution in [2.45, 2.75) is 33.7 Å². The highest BCUT2D eigenvalue weighted by Gasteiger charge is 2.04. The second-order valence-electron chi connectivity index (χ2n) is 5.52. The number of nitrogens with zero attached hydrogens (tertiary/aromatic N) is 3. The van der Waals surface area contributed by atoms with Gasteiger partial charge in [0.05, 0.1) is 12.2 Å². The number of ether oxygens (including phenoxy) is 1. The summed E-state index contributed by atoms with van der Waals surface area (Å²) < 4.78 is 5.07. The lowest BCUT2D eigenvalue weighted by Gasteiger charge is -2.18. The van der Waals surface area contributed by atoms with Gasteiger partial charge >= 0.3 is 0 Å². The third-order valence-corrected chi connectivity index (χ3v) is 4.52. The van der Waals surface area contributed by atoms with E-state index in [0.717, 1.165) is 55.9 Å². The fourth-order valence-corrected chi connectivity index (χ4v) is 2.91. The van der Waals surface area contributed by atoms with Gasteiger partial charge in [-0.1, -0.05) is 0 Å². The molecule has 0 aromatic carbocycles. The zero-order valence-electron chi connectivity index (χ0n) is 15.5. The van der Waals surface area contributed by atoms with Gasteiger partial charge in [0.25, 0.3) is 0 Å². The Hall–Kier alpha value is -0.450.